The lowest BCUT2D eigenvalue weighted by Crippen LogP contribution is -2.37. The van der Waals surface area contributed by atoms with Crippen molar-refractivity contribution in [2.75, 3.05) is 28.3 Å². The van der Waals surface area contributed by atoms with Crippen molar-refractivity contribution in [1.82, 2.24) is 9.97 Å². The maximum atomic E-state index is 11.8. The first kappa shape index (κ1) is 18.6. The largest absolute Gasteiger partial charge is 0.353 e. The third kappa shape index (κ3) is 4.33. The first-order valence-corrected chi connectivity index (χ1v) is 10.8. The van der Waals surface area contributed by atoms with E-state index in [-0.39, 0.29) is 17.5 Å². The van der Waals surface area contributed by atoms with E-state index in [4.69, 9.17) is 0 Å². The molecule has 1 atom stereocenters. The molecule has 2 heterocycles. The SMILES string of the molecule is CCN(c1cc(C)nc(NCc2ccccc2C)n1)C1CCS(=O)(=O)C1. The van der Waals surface area contributed by atoms with E-state index in [0.29, 0.717) is 25.5 Å². The lowest BCUT2D eigenvalue weighted by molar-refractivity contribution is 0.599. The van der Waals surface area contributed by atoms with Crippen LogP contribution in [-0.4, -0.2) is 42.5 Å². The number of benzene rings is 1. The molecule has 1 aliphatic heterocycles. The summed E-state index contributed by atoms with van der Waals surface area (Å²) in [4.78, 5) is 11.2. The van der Waals surface area contributed by atoms with Gasteiger partial charge in [0.05, 0.1) is 11.5 Å². The molecule has 0 aliphatic carbocycles. The van der Waals surface area contributed by atoms with Gasteiger partial charge in [-0.25, -0.2) is 13.4 Å². The molecule has 0 spiro atoms. The van der Waals surface area contributed by atoms with Crippen LogP contribution in [0.1, 0.15) is 30.2 Å². The molecule has 1 N–H and O–H groups in total. The highest BCUT2D eigenvalue weighted by atomic mass is 32.2. The molecule has 0 radical (unpaired) electrons. The van der Waals surface area contributed by atoms with Crippen molar-refractivity contribution in [3.8, 4) is 0 Å². The third-order valence-corrected chi connectivity index (χ3v) is 6.57. The molecule has 1 unspecified atom stereocenters. The molecule has 1 aromatic carbocycles. The maximum Gasteiger partial charge on any atom is 0.225 e. The fourth-order valence-electron chi connectivity index (χ4n) is 3.39. The molecule has 0 bridgehead atoms. The molecule has 1 fully saturated rings. The zero-order chi connectivity index (χ0) is 18.7. The second-order valence-electron chi connectivity index (χ2n) is 6.81. The standard InChI is InChI=1S/C19H26N4O2S/c1-4-23(17-9-10-26(24,25)13-17)18-11-15(3)21-19(22-18)20-12-16-8-6-5-7-14(16)2/h5-8,11,17H,4,9-10,12-13H2,1-3H3,(H,20,21,22). The van der Waals surface area contributed by atoms with Crippen molar-refractivity contribution in [2.24, 2.45) is 0 Å². The lowest BCUT2D eigenvalue weighted by atomic mass is 10.1. The van der Waals surface area contributed by atoms with Crippen molar-refractivity contribution < 1.29 is 8.42 Å². The van der Waals surface area contributed by atoms with Crippen molar-refractivity contribution in [2.45, 2.75) is 39.8 Å². The monoisotopic (exact) mass is 374 g/mol. The van der Waals surface area contributed by atoms with Gasteiger partial charge < -0.3 is 10.2 Å². The highest BCUT2D eigenvalue weighted by Crippen LogP contribution is 2.24. The molecule has 26 heavy (non-hydrogen) atoms. The predicted molar refractivity (Wildman–Crippen MR) is 105 cm³/mol. The highest BCUT2D eigenvalue weighted by Gasteiger charge is 2.32. The summed E-state index contributed by atoms with van der Waals surface area (Å²) in [7, 11) is -2.93. The minimum Gasteiger partial charge on any atom is -0.353 e. The van der Waals surface area contributed by atoms with Gasteiger partial charge in [-0.15, -0.1) is 0 Å². The summed E-state index contributed by atoms with van der Waals surface area (Å²) < 4.78 is 23.7. The van der Waals surface area contributed by atoms with Crippen LogP contribution >= 0.6 is 0 Å². The topological polar surface area (TPSA) is 75.2 Å². The maximum absolute atomic E-state index is 11.8. The van der Waals surface area contributed by atoms with Gasteiger partial charge in [-0.2, -0.15) is 4.98 Å². The molecular weight excluding hydrogens is 348 g/mol. The molecule has 6 nitrogen and oxygen atoms in total. The number of aromatic nitrogens is 2. The number of nitrogens with one attached hydrogen (secondary N) is 1. The van der Waals surface area contributed by atoms with Gasteiger partial charge in [0.25, 0.3) is 0 Å². The van der Waals surface area contributed by atoms with Gasteiger partial charge in [0.2, 0.25) is 5.95 Å². The molecule has 0 saturated carbocycles. The summed E-state index contributed by atoms with van der Waals surface area (Å²) >= 11 is 0. The zero-order valence-electron chi connectivity index (χ0n) is 15.6. The van der Waals surface area contributed by atoms with Crippen molar-refractivity contribution in [3.63, 3.8) is 0 Å². The van der Waals surface area contributed by atoms with Gasteiger partial charge in [-0.05, 0) is 38.3 Å². The Labute approximate surface area is 155 Å². The van der Waals surface area contributed by atoms with E-state index in [0.717, 1.165) is 11.5 Å². The van der Waals surface area contributed by atoms with Crippen LogP contribution < -0.4 is 10.2 Å². The average molecular weight is 375 g/mol. The Kier molecular flexibility index (Phi) is 5.46. The van der Waals surface area contributed by atoms with E-state index in [1.54, 1.807) is 0 Å². The molecule has 0 amide bonds. The Morgan fingerprint density at radius 1 is 1.23 bits per heavy atom. The Morgan fingerprint density at radius 2 is 2.00 bits per heavy atom. The number of sulfone groups is 1. The first-order valence-electron chi connectivity index (χ1n) is 8.99. The van der Waals surface area contributed by atoms with E-state index in [1.165, 1.54) is 11.1 Å². The highest BCUT2D eigenvalue weighted by molar-refractivity contribution is 7.91. The molecule has 1 aliphatic rings. The minimum absolute atomic E-state index is 0.0106. The summed E-state index contributed by atoms with van der Waals surface area (Å²) in [6, 6.07) is 10.1. The van der Waals surface area contributed by atoms with E-state index in [2.05, 4.69) is 39.2 Å². The number of rotatable bonds is 6. The number of anilines is 2. The number of hydrogen-bond acceptors (Lipinski definition) is 6. The summed E-state index contributed by atoms with van der Waals surface area (Å²) in [5.41, 5.74) is 3.29. The van der Waals surface area contributed by atoms with Crippen LogP contribution in [0.15, 0.2) is 30.3 Å². The van der Waals surface area contributed by atoms with Gasteiger partial charge in [-0.1, -0.05) is 24.3 Å². The van der Waals surface area contributed by atoms with Crippen LogP contribution in [0, 0.1) is 13.8 Å². The smallest absolute Gasteiger partial charge is 0.225 e. The quantitative estimate of drug-likeness (QED) is 0.838. The molecule has 1 aromatic heterocycles. The summed E-state index contributed by atoms with van der Waals surface area (Å²) in [6.45, 7) is 7.42. The van der Waals surface area contributed by atoms with E-state index in [9.17, 15) is 8.42 Å². The van der Waals surface area contributed by atoms with Crippen LogP contribution in [0.4, 0.5) is 11.8 Å². The average Bonchev–Trinajstić information content (AvgIpc) is 2.94. The van der Waals surface area contributed by atoms with Gasteiger partial charge >= 0.3 is 0 Å². The second-order valence-corrected chi connectivity index (χ2v) is 9.04. The van der Waals surface area contributed by atoms with Gasteiger partial charge in [0, 0.05) is 30.9 Å². The van der Waals surface area contributed by atoms with E-state index < -0.39 is 9.84 Å². The molecule has 7 heteroatoms. The van der Waals surface area contributed by atoms with Gasteiger partial charge in [0.1, 0.15) is 5.82 Å². The second kappa shape index (κ2) is 7.61. The minimum atomic E-state index is -2.93. The molecule has 2 aromatic rings. The van der Waals surface area contributed by atoms with Crippen LogP contribution in [-0.2, 0) is 16.4 Å². The molecule has 3 rings (SSSR count). The fourth-order valence-corrected chi connectivity index (χ4v) is 5.12. The van der Waals surface area contributed by atoms with Crippen molar-refractivity contribution >= 4 is 21.6 Å². The lowest BCUT2D eigenvalue weighted by Gasteiger charge is -2.28. The summed E-state index contributed by atoms with van der Waals surface area (Å²) in [6.07, 6.45) is 0.658. The van der Waals surface area contributed by atoms with Gasteiger partial charge in [-0.3, -0.25) is 0 Å². The van der Waals surface area contributed by atoms with E-state index in [1.807, 2.05) is 32.0 Å². The van der Waals surface area contributed by atoms with E-state index >= 15 is 0 Å². The molecular formula is C19H26N4O2S. The number of aryl methyl sites for hydroxylation is 2. The van der Waals surface area contributed by atoms with Crippen molar-refractivity contribution in [3.05, 3.63) is 47.2 Å². The van der Waals surface area contributed by atoms with Crippen molar-refractivity contribution in [1.29, 1.82) is 0 Å². The van der Waals surface area contributed by atoms with Gasteiger partial charge in [0.15, 0.2) is 9.84 Å². The first-order chi connectivity index (χ1) is 12.4. The fraction of sp³-hybridized carbons (Fsp3) is 0.474. The third-order valence-electron chi connectivity index (χ3n) is 4.82. The summed E-state index contributed by atoms with van der Waals surface area (Å²) in [5, 5.41) is 3.30. The van der Waals surface area contributed by atoms with Crippen LogP contribution in [0.3, 0.4) is 0 Å². The van der Waals surface area contributed by atoms with Crippen LogP contribution in [0.25, 0.3) is 0 Å². The Hall–Kier alpha value is -2.15. The molecule has 140 valence electrons. The number of hydrogen-bond donors (Lipinski definition) is 1. The molecule has 1 saturated heterocycles. The normalized spacial score (nSPS) is 18.7. The Balaban J connectivity index is 1.79. The Bertz CT molecular complexity index is 883. The van der Waals surface area contributed by atoms with Crippen LogP contribution in [0.5, 0.6) is 0 Å². The zero-order valence-corrected chi connectivity index (χ0v) is 16.4. The Morgan fingerprint density at radius 3 is 2.65 bits per heavy atom. The summed E-state index contributed by atoms with van der Waals surface area (Å²) in [5.74, 6) is 1.82. The number of nitrogens with zero attached hydrogens (tertiary/aromatic N) is 3. The predicted octanol–water partition coefficient (Wildman–Crippen LogP) is 2.72. The van der Waals surface area contributed by atoms with Crippen LogP contribution in [0.2, 0.25) is 0 Å².